The molecule has 4 heterocycles. The van der Waals surface area contributed by atoms with Crippen molar-refractivity contribution in [3.8, 4) is 0 Å². The quantitative estimate of drug-likeness (QED) is 0.0765. The maximum absolute atomic E-state index is 13.6. The number of carbonyl (C=O) groups excluding carboxylic acids is 2. The van der Waals surface area contributed by atoms with Gasteiger partial charge >= 0.3 is 0 Å². The van der Waals surface area contributed by atoms with Crippen LogP contribution < -0.4 is 9.80 Å². The van der Waals surface area contributed by atoms with E-state index in [-0.39, 0.29) is 11.8 Å². The molecule has 2 aromatic carbocycles. The number of carbonyl (C=O) groups is 2. The largest absolute Gasteiger partial charge is 0.308 e. The van der Waals surface area contributed by atoms with Crippen molar-refractivity contribution in [1.29, 1.82) is 0 Å². The number of anilines is 2. The maximum atomic E-state index is 13.6. The number of thiophene rings is 2. The first-order valence-electron chi connectivity index (χ1n) is 18.7. The Morgan fingerprint density at radius 2 is 0.860 bits per heavy atom. The molecule has 2 aliphatic rings. The third-order valence-electron chi connectivity index (χ3n) is 9.67. The molecule has 4 nitrogen and oxygen atoms in total. The Balaban J connectivity index is 1.09. The van der Waals surface area contributed by atoms with Gasteiger partial charge in [0.2, 0.25) is 0 Å². The number of hydrogen-bond donors (Lipinski definition) is 0. The maximum Gasteiger partial charge on any atom is 0.259 e. The van der Waals surface area contributed by atoms with Gasteiger partial charge in [-0.15, -0.1) is 22.7 Å². The molecule has 0 atom stereocenters. The number of para-hydroxylation sites is 2. The van der Waals surface area contributed by atoms with Crippen LogP contribution in [0.2, 0.25) is 0 Å². The summed E-state index contributed by atoms with van der Waals surface area (Å²) in [5, 5.41) is 0. The fourth-order valence-corrected chi connectivity index (χ4v) is 8.67. The first-order chi connectivity index (χ1) is 24.6. The van der Waals surface area contributed by atoms with Crippen LogP contribution in [0.5, 0.6) is 0 Å². The zero-order valence-electron chi connectivity index (χ0n) is 29.7. The van der Waals surface area contributed by atoms with Gasteiger partial charge in [-0.1, -0.05) is 114 Å². The smallest absolute Gasteiger partial charge is 0.259 e. The van der Waals surface area contributed by atoms with Gasteiger partial charge in [0, 0.05) is 43.7 Å². The van der Waals surface area contributed by atoms with Crippen LogP contribution in [0.15, 0.2) is 72.8 Å². The van der Waals surface area contributed by atoms with Crippen LogP contribution in [-0.4, -0.2) is 24.9 Å². The van der Waals surface area contributed by atoms with Gasteiger partial charge in [-0.2, -0.15) is 0 Å². The average Bonchev–Trinajstić information content (AvgIpc) is 3.90. The standard InChI is InChI=1S/C44H50N2O2S2/c1-3-5-7-9-11-17-29-45-41-21-15-13-19-37(41)39(43(45)47)31-35-27-25-33(49-35)23-24-34-26-28-36(50-34)32-40-38-20-14-16-22-42(38)46(44(40)48)30-18-12-10-8-6-4-2/h13-16,19-28,31-32H,3-12,17-18,29-30H2,1-2H3/b24-23+,39-31-,40-32-. The van der Waals surface area contributed by atoms with Crippen molar-refractivity contribution in [2.24, 2.45) is 0 Å². The Hall–Kier alpha value is -4.00. The minimum atomic E-state index is 0.111. The van der Waals surface area contributed by atoms with Crippen molar-refractivity contribution < 1.29 is 9.59 Å². The summed E-state index contributed by atoms with van der Waals surface area (Å²) in [6.07, 6.45) is 22.9. The summed E-state index contributed by atoms with van der Waals surface area (Å²) >= 11 is 3.38. The second-order valence-electron chi connectivity index (χ2n) is 13.4. The molecular formula is C44H50N2O2S2. The summed E-state index contributed by atoms with van der Waals surface area (Å²) in [4.78, 5) is 35.6. The van der Waals surface area contributed by atoms with Gasteiger partial charge in [0.05, 0.1) is 22.5 Å². The number of amides is 2. The SMILES string of the molecule is CCCCCCCCN1C(=O)/C(=C\c2ccc(/C=C/c3ccc(/C=C4\C(=O)N(CCCCCCCC)c5ccccc54)s3)s2)c2ccccc21. The lowest BCUT2D eigenvalue weighted by Crippen LogP contribution is -2.27. The zero-order valence-corrected chi connectivity index (χ0v) is 31.3. The van der Waals surface area contributed by atoms with Crippen LogP contribution in [-0.2, 0) is 9.59 Å². The minimum absolute atomic E-state index is 0.111. The fraction of sp³-hybridized carbons (Fsp3) is 0.364. The van der Waals surface area contributed by atoms with Gasteiger partial charge in [0.25, 0.3) is 11.8 Å². The Kier molecular flexibility index (Phi) is 12.7. The lowest BCUT2D eigenvalue weighted by Gasteiger charge is -2.16. The van der Waals surface area contributed by atoms with E-state index in [9.17, 15) is 9.59 Å². The molecule has 2 aromatic heterocycles. The lowest BCUT2D eigenvalue weighted by atomic mass is 10.1. The zero-order chi connectivity index (χ0) is 34.7. The molecule has 6 heteroatoms. The molecule has 260 valence electrons. The van der Waals surface area contributed by atoms with Crippen LogP contribution in [0.3, 0.4) is 0 Å². The van der Waals surface area contributed by atoms with E-state index in [2.05, 4.69) is 86.7 Å². The van der Waals surface area contributed by atoms with Crippen LogP contribution in [0.4, 0.5) is 11.4 Å². The molecular weight excluding hydrogens is 653 g/mol. The normalized spacial score (nSPS) is 15.7. The molecule has 50 heavy (non-hydrogen) atoms. The summed E-state index contributed by atoms with van der Waals surface area (Å²) in [5.74, 6) is 0.221. The summed E-state index contributed by atoms with van der Waals surface area (Å²) in [7, 11) is 0. The van der Waals surface area contributed by atoms with E-state index in [4.69, 9.17) is 0 Å². The van der Waals surface area contributed by atoms with Gasteiger partial charge in [0.1, 0.15) is 0 Å². The summed E-state index contributed by atoms with van der Waals surface area (Å²) in [5.41, 5.74) is 5.70. The van der Waals surface area contributed by atoms with E-state index < -0.39 is 0 Å². The van der Waals surface area contributed by atoms with Crippen molar-refractivity contribution in [1.82, 2.24) is 0 Å². The topological polar surface area (TPSA) is 40.6 Å². The van der Waals surface area contributed by atoms with Gasteiger partial charge in [-0.3, -0.25) is 9.59 Å². The monoisotopic (exact) mass is 702 g/mol. The number of fused-ring (bicyclic) bond motifs is 2. The summed E-state index contributed by atoms with van der Waals surface area (Å²) in [6.45, 7) is 6.03. The molecule has 0 fully saturated rings. The molecule has 0 spiro atoms. The first kappa shape index (κ1) is 35.8. The van der Waals surface area contributed by atoms with E-state index in [0.29, 0.717) is 0 Å². The molecule has 4 aromatic rings. The van der Waals surface area contributed by atoms with E-state index >= 15 is 0 Å². The van der Waals surface area contributed by atoms with Crippen molar-refractivity contribution in [3.05, 3.63) is 103 Å². The van der Waals surface area contributed by atoms with E-state index in [1.54, 1.807) is 22.7 Å². The van der Waals surface area contributed by atoms with Gasteiger partial charge in [-0.25, -0.2) is 0 Å². The number of hydrogen-bond acceptors (Lipinski definition) is 4. The number of benzene rings is 2. The molecule has 0 saturated carbocycles. The van der Waals surface area contributed by atoms with Crippen molar-refractivity contribution in [3.63, 3.8) is 0 Å². The van der Waals surface area contributed by atoms with Crippen LogP contribution >= 0.6 is 22.7 Å². The third kappa shape index (κ3) is 8.65. The van der Waals surface area contributed by atoms with Crippen molar-refractivity contribution in [2.45, 2.75) is 90.9 Å². The van der Waals surface area contributed by atoms with E-state index in [1.807, 2.05) is 34.1 Å². The molecule has 2 aliphatic heterocycles. The van der Waals surface area contributed by atoms with Crippen molar-refractivity contribution in [2.75, 3.05) is 22.9 Å². The molecule has 6 rings (SSSR count). The number of rotatable bonds is 18. The highest BCUT2D eigenvalue weighted by Gasteiger charge is 2.32. The molecule has 0 radical (unpaired) electrons. The van der Waals surface area contributed by atoms with Gasteiger partial charge < -0.3 is 9.80 Å². The summed E-state index contributed by atoms with van der Waals surface area (Å²) < 4.78 is 0. The van der Waals surface area contributed by atoms with Crippen LogP contribution in [0.1, 0.15) is 122 Å². The average molecular weight is 703 g/mol. The van der Waals surface area contributed by atoms with Crippen LogP contribution in [0.25, 0.3) is 35.5 Å². The molecule has 0 bridgehead atoms. The fourth-order valence-electron chi connectivity index (χ4n) is 6.96. The summed E-state index contributed by atoms with van der Waals surface area (Å²) in [6, 6.07) is 24.9. The second kappa shape index (κ2) is 17.8. The Bertz CT molecular complexity index is 1720. The molecule has 0 aliphatic carbocycles. The molecule has 0 unspecified atom stereocenters. The highest BCUT2D eigenvalue weighted by molar-refractivity contribution is 7.14. The minimum Gasteiger partial charge on any atom is -0.308 e. The van der Waals surface area contributed by atoms with E-state index in [1.165, 1.54) is 64.2 Å². The molecule has 2 amide bonds. The van der Waals surface area contributed by atoms with Crippen molar-refractivity contribution >= 4 is 81.3 Å². The lowest BCUT2D eigenvalue weighted by molar-refractivity contribution is -0.113. The molecule has 0 N–H and O–H groups in total. The Morgan fingerprint density at radius 1 is 0.480 bits per heavy atom. The second-order valence-corrected chi connectivity index (χ2v) is 15.7. The third-order valence-corrected chi connectivity index (χ3v) is 11.7. The number of nitrogens with zero attached hydrogens (tertiary/aromatic N) is 2. The number of unbranched alkanes of at least 4 members (excludes halogenated alkanes) is 10. The molecule has 0 saturated heterocycles. The Labute approximate surface area is 306 Å². The predicted molar refractivity (Wildman–Crippen MR) is 218 cm³/mol. The Morgan fingerprint density at radius 3 is 1.30 bits per heavy atom. The van der Waals surface area contributed by atoms with Gasteiger partial charge in [0.15, 0.2) is 0 Å². The first-order valence-corrected chi connectivity index (χ1v) is 20.3. The predicted octanol–water partition coefficient (Wildman–Crippen LogP) is 12.5. The highest BCUT2D eigenvalue weighted by atomic mass is 32.1. The highest BCUT2D eigenvalue weighted by Crippen LogP contribution is 2.40. The van der Waals surface area contributed by atoms with E-state index in [0.717, 1.165) is 79.1 Å². The van der Waals surface area contributed by atoms with Crippen LogP contribution in [0, 0.1) is 0 Å². The van der Waals surface area contributed by atoms with Gasteiger partial charge in [-0.05, 0) is 73.5 Å².